The number of nitrogens with one attached hydrogen (secondary N) is 1. The topological polar surface area (TPSA) is 99.7 Å². The van der Waals surface area contributed by atoms with Gasteiger partial charge in [0.2, 0.25) is 0 Å². The van der Waals surface area contributed by atoms with Crippen molar-refractivity contribution < 1.29 is 14.4 Å². The highest BCUT2D eigenvalue weighted by Crippen LogP contribution is 2.39. The first-order valence-corrected chi connectivity index (χ1v) is 6.95. The fraction of sp³-hybridized carbons (Fsp3) is 0.571. The van der Waals surface area contributed by atoms with Crippen LogP contribution in [0, 0.1) is 16.0 Å². The lowest BCUT2D eigenvalue weighted by Crippen LogP contribution is -2.34. The van der Waals surface area contributed by atoms with Gasteiger partial charge in [-0.25, -0.2) is 0 Å². The van der Waals surface area contributed by atoms with Crippen molar-refractivity contribution in [1.82, 2.24) is 5.32 Å². The molecular weight excluding hydrogens is 274 g/mol. The molecule has 3 N–H and O–H groups in total. The zero-order valence-corrected chi connectivity index (χ0v) is 12.3. The van der Waals surface area contributed by atoms with Crippen LogP contribution in [0.5, 0.6) is 11.5 Å². The first-order valence-electron chi connectivity index (χ1n) is 6.95. The predicted octanol–water partition coefficient (Wildman–Crippen LogP) is 1.61. The molecule has 0 spiro atoms. The fourth-order valence-electron chi connectivity index (χ4n) is 2.77. The van der Waals surface area contributed by atoms with Crippen LogP contribution in [-0.4, -0.2) is 32.2 Å². The third kappa shape index (κ3) is 3.25. The third-order valence-electron chi connectivity index (χ3n) is 3.98. The minimum Gasteiger partial charge on any atom is -0.493 e. The van der Waals surface area contributed by atoms with Crippen molar-refractivity contribution in [2.75, 3.05) is 27.3 Å². The van der Waals surface area contributed by atoms with Gasteiger partial charge >= 0.3 is 0 Å². The SMILES string of the molecule is COc1cc([C@H](N)C2CCNCC2)c([N+](=O)[O-])cc1OC. The van der Waals surface area contributed by atoms with Gasteiger partial charge in [-0.05, 0) is 37.9 Å². The van der Waals surface area contributed by atoms with E-state index in [0.29, 0.717) is 17.1 Å². The van der Waals surface area contributed by atoms with Gasteiger partial charge in [-0.15, -0.1) is 0 Å². The molecule has 0 saturated carbocycles. The van der Waals surface area contributed by atoms with Gasteiger partial charge in [-0.2, -0.15) is 0 Å². The number of nitro benzene ring substituents is 1. The Morgan fingerprint density at radius 2 is 1.86 bits per heavy atom. The van der Waals surface area contributed by atoms with E-state index in [-0.39, 0.29) is 17.6 Å². The second-order valence-electron chi connectivity index (χ2n) is 5.14. The average molecular weight is 295 g/mol. The van der Waals surface area contributed by atoms with E-state index in [1.807, 2.05) is 0 Å². The van der Waals surface area contributed by atoms with E-state index >= 15 is 0 Å². The summed E-state index contributed by atoms with van der Waals surface area (Å²) in [4.78, 5) is 10.9. The molecule has 2 rings (SSSR count). The van der Waals surface area contributed by atoms with Crippen LogP contribution in [0.1, 0.15) is 24.4 Å². The highest BCUT2D eigenvalue weighted by atomic mass is 16.6. The number of hydrogen-bond donors (Lipinski definition) is 2. The number of rotatable bonds is 5. The number of piperidine rings is 1. The highest BCUT2D eigenvalue weighted by molar-refractivity contribution is 5.55. The molecular formula is C14H21N3O4. The summed E-state index contributed by atoms with van der Waals surface area (Å²) in [5.41, 5.74) is 6.78. The van der Waals surface area contributed by atoms with Crippen LogP contribution in [0.25, 0.3) is 0 Å². The van der Waals surface area contributed by atoms with E-state index in [1.165, 1.54) is 20.3 Å². The van der Waals surface area contributed by atoms with Crippen LogP contribution in [0.3, 0.4) is 0 Å². The molecule has 1 aliphatic heterocycles. The Hall–Kier alpha value is -1.86. The van der Waals surface area contributed by atoms with Gasteiger partial charge in [-0.3, -0.25) is 10.1 Å². The van der Waals surface area contributed by atoms with Crippen LogP contribution in [0.4, 0.5) is 5.69 Å². The number of ether oxygens (including phenoxy) is 2. The van der Waals surface area contributed by atoms with Crippen LogP contribution < -0.4 is 20.5 Å². The molecule has 1 aromatic rings. The number of nitrogens with two attached hydrogens (primary N) is 1. The van der Waals surface area contributed by atoms with E-state index in [4.69, 9.17) is 15.2 Å². The Morgan fingerprint density at radius 3 is 2.38 bits per heavy atom. The molecule has 7 nitrogen and oxygen atoms in total. The Labute approximate surface area is 123 Å². The summed E-state index contributed by atoms with van der Waals surface area (Å²) < 4.78 is 10.4. The standard InChI is InChI=1S/C14H21N3O4/c1-20-12-7-10(11(17(18)19)8-13(12)21-2)14(15)9-3-5-16-6-4-9/h7-9,14,16H,3-6,15H2,1-2H3/t14-/m1/s1. The smallest absolute Gasteiger partial charge is 0.278 e. The zero-order chi connectivity index (χ0) is 15.4. The predicted molar refractivity (Wildman–Crippen MR) is 78.7 cm³/mol. The second kappa shape index (κ2) is 6.73. The number of benzene rings is 1. The molecule has 1 fully saturated rings. The summed E-state index contributed by atoms with van der Waals surface area (Å²) in [6, 6.07) is 2.63. The molecule has 0 bridgehead atoms. The number of nitro groups is 1. The summed E-state index contributed by atoms with van der Waals surface area (Å²) in [6.45, 7) is 1.78. The summed E-state index contributed by atoms with van der Waals surface area (Å²) >= 11 is 0. The van der Waals surface area contributed by atoms with Gasteiger partial charge < -0.3 is 20.5 Å². The maximum Gasteiger partial charge on any atom is 0.278 e. The molecule has 21 heavy (non-hydrogen) atoms. The molecule has 0 radical (unpaired) electrons. The average Bonchev–Trinajstić information content (AvgIpc) is 2.53. The Balaban J connectivity index is 2.41. The molecule has 1 atom stereocenters. The lowest BCUT2D eigenvalue weighted by molar-refractivity contribution is -0.385. The molecule has 7 heteroatoms. The molecule has 0 aromatic heterocycles. The van der Waals surface area contributed by atoms with E-state index < -0.39 is 4.92 Å². The van der Waals surface area contributed by atoms with Gasteiger partial charge in [-0.1, -0.05) is 0 Å². The van der Waals surface area contributed by atoms with Gasteiger partial charge in [0.25, 0.3) is 5.69 Å². The minimum atomic E-state index is -0.418. The number of hydrogen-bond acceptors (Lipinski definition) is 6. The van der Waals surface area contributed by atoms with Crippen molar-refractivity contribution >= 4 is 5.69 Å². The Morgan fingerprint density at radius 1 is 1.29 bits per heavy atom. The highest BCUT2D eigenvalue weighted by Gasteiger charge is 2.29. The maximum absolute atomic E-state index is 11.3. The molecule has 0 aliphatic carbocycles. The summed E-state index contributed by atoms with van der Waals surface area (Å²) in [7, 11) is 2.96. The van der Waals surface area contributed by atoms with Gasteiger partial charge in [0.05, 0.1) is 30.8 Å². The molecule has 116 valence electrons. The minimum absolute atomic E-state index is 0.0151. The van der Waals surface area contributed by atoms with E-state index in [0.717, 1.165) is 25.9 Å². The Bertz CT molecular complexity index is 515. The van der Waals surface area contributed by atoms with Crippen LogP contribution in [-0.2, 0) is 0 Å². The monoisotopic (exact) mass is 295 g/mol. The van der Waals surface area contributed by atoms with E-state index in [9.17, 15) is 10.1 Å². The normalized spacial score (nSPS) is 17.3. The molecule has 0 unspecified atom stereocenters. The van der Waals surface area contributed by atoms with Crippen LogP contribution in [0.2, 0.25) is 0 Å². The van der Waals surface area contributed by atoms with Crippen LogP contribution in [0.15, 0.2) is 12.1 Å². The lowest BCUT2D eigenvalue weighted by Gasteiger charge is -2.28. The quantitative estimate of drug-likeness (QED) is 0.632. The Kier molecular flexibility index (Phi) is 4.98. The summed E-state index contributed by atoms with van der Waals surface area (Å²) in [6.07, 6.45) is 1.82. The van der Waals surface area contributed by atoms with Gasteiger partial charge in [0.15, 0.2) is 11.5 Å². The molecule has 0 amide bonds. The largest absolute Gasteiger partial charge is 0.493 e. The summed E-state index contributed by atoms with van der Waals surface area (Å²) in [5, 5.41) is 14.6. The molecule has 1 heterocycles. The molecule has 1 aliphatic rings. The van der Waals surface area contributed by atoms with E-state index in [2.05, 4.69) is 5.32 Å². The second-order valence-corrected chi connectivity index (χ2v) is 5.14. The third-order valence-corrected chi connectivity index (χ3v) is 3.98. The number of methoxy groups -OCH3 is 2. The van der Waals surface area contributed by atoms with E-state index in [1.54, 1.807) is 6.07 Å². The van der Waals surface area contributed by atoms with Crippen molar-refractivity contribution in [2.45, 2.75) is 18.9 Å². The van der Waals surface area contributed by atoms with Gasteiger partial charge in [0, 0.05) is 6.04 Å². The van der Waals surface area contributed by atoms with Crippen molar-refractivity contribution in [3.05, 3.63) is 27.8 Å². The van der Waals surface area contributed by atoms with Gasteiger partial charge in [0.1, 0.15) is 0 Å². The zero-order valence-electron chi connectivity index (χ0n) is 12.3. The van der Waals surface area contributed by atoms with Crippen molar-refractivity contribution in [3.8, 4) is 11.5 Å². The molecule has 1 saturated heterocycles. The lowest BCUT2D eigenvalue weighted by atomic mass is 9.86. The van der Waals surface area contributed by atoms with Crippen molar-refractivity contribution in [2.24, 2.45) is 11.7 Å². The first-order chi connectivity index (χ1) is 10.1. The van der Waals surface area contributed by atoms with Crippen molar-refractivity contribution in [1.29, 1.82) is 0 Å². The first kappa shape index (κ1) is 15.5. The maximum atomic E-state index is 11.3. The summed E-state index contributed by atoms with van der Waals surface area (Å²) in [5.74, 6) is 1.02. The molecule has 1 aromatic carbocycles. The van der Waals surface area contributed by atoms with Crippen LogP contribution >= 0.6 is 0 Å². The fourth-order valence-corrected chi connectivity index (χ4v) is 2.77. The number of nitrogens with zero attached hydrogens (tertiary/aromatic N) is 1. The van der Waals surface area contributed by atoms with Crippen molar-refractivity contribution in [3.63, 3.8) is 0 Å².